The van der Waals surface area contributed by atoms with Crippen LogP contribution in [0.3, 0.4) is 0 Å². The number of cyclic esters (lactones) is 1. The number of aliphatic hydroxyl groups excluding tert-OH is 1. The molecule has 1 unspecified atom stereocenters. The molecule has 0 aliphatic carbocycles. The van der Waals surface area contributed by atoms with E-state index in [4.69, 9.17) is 9.47 Å². The van der Waals surface area contributed by atoms with Crippen molar-refractivity contribution in [2.45, 2.75) is 63.4 Å². The van der Waals surface area contributed by atoms with Crippen molar-refractivity contribution in [1.82, 2.24) is 9.80 Å². The number of carbonyl (C=O) groups excluding carboxylic acids is 3. The van der Waals surface area contributed by atoms with Crippen LogP contribution in [-0.2, 0) is 23.9 Å². The molecule has 8 heteroatoms. The summed E-state index contributed by atoms with van der Waals surface area (Å²) in [6, 6.07) is -1.61. The van der Waals surface area contributed by atoms with E-state index in [-0.39, 0.29) is 31.1 Å². The first-order chi connectivity index (χ1) is 14.2. The molecule has 1 spiro atoms. The molecule has 30 heavy (non-hydrogen) atoms. The molecular weight excluding hydrogens is 388 g/mol. The maximum Gasteiger partial charge on any atom is 0.313 e. The molecule has 4 heterocycles. The van der Waals surface area contributed by atoms with Crippen LogP contribution in [-0.4, -0.2) is 81.8 Å². The first-order valence-electron chi connectivity index (χ1n) is 10.7. The number of nitrogens with zero attached hydrogens (tertiary/aromatic N) is 2. The molecule has 1 N–H and O–H groups in total. The van der Waals surface area contributed by atoms with E-state index in [0.717, 1.165) is 0 Å². The van der Waals surface area contributed by atoms with E-state index in [1.54, 1.807) is 24.0 Å². The van der Waals surface area contributed by atoms with Crippen molar-refractivity contribution in [3.05, 3.63) is 24.3 Å². The van der Waals surface area contributed by atoms with E-state index < -0.39 is 41.1 Å². The van der Waals surface area contributed by atoms with Crippen molar-refractivity contribution in [1.29, 1.82) is 0 Å². The van der Waals surface area contributed by atoms with Crippen LogP contribution in [0.2, 0.25) is 0 Å². The predicted molar refractivity (Wildman–Crippen MR) is 107 cm³/mol. The Labute approximate surface area is 176 Å². The second-order valence-corrected chi connectivity index (χ2v) is 8.92. The first kappa shape index (κ1) is 21.1. The minimum Gasteiger partial charge on any atom is -0.461 e. The second kappa shape index (κ2) is 7.20. The van der Waals surface area contributed by atoms with Crippen LogP contribution in [0.25, 0.3) is 0 Å². The number of rotatable bonds is 4. The molecule has 0 saturated carbocycles. The van der Waals surface area contributed by atoms with E-state index in [1.165, 1.54) is 4.90 Å². The third-order valence-corrected chi connectivity index (χ3v) is 7.03. The van der Waals surface area contributed by atoms with Gasteiger partial charge < -0.3 is 24.4 Å². The maximum absolute atomic E-state index is 13.8. The Kier molecular flexibility index (Phi) is 5.05. The Balaban J connectivity index is 1.93. The highest BCUT2D eigenvalue weighted by molar-refractivity contribution is 5.99. The summed E-state index contributed by atoms with van der Waals surface area (Å²) in [6.45, 7) is 7.68. The summed E-state index contributed by atoms with van der Waals surface area (Å²) in [5.41, 5.74) is -2.30. The SMILES string of the molecule is CC[C@]12C=CCOC(=O)[C@H]1[C@H]1C(=O)N([C@H](C)CO)C3C(=O)N(C(C)C)CC=C[C@@]31O2. The van der Waals surface area contributed by atoms with Crippen molar-refractivity contribution in [3.63, 3.8) is 0 Å². The van der Waals surface area contributed by atoms with Crippen molar-refractivity contribution in [2.24, 2.45) is 11.8 Å². The zero-order chi connectivity index (χ0) is 21.8. The Bertz CT molecular complexity index is 822. The van der Waals surface area contributed by atoms with Crippen LogP contribution in [0, 0.1) is 11.8 Å². The monoisotopic (exact) mass is 418 g/mol. The number of hydrogen-bond donors (Lipinski definition) is 1. The highest BCUT2D eigenvalue weighted by atomic mass is 16.6. The summed E-state index contributed by atoms with van der Waals surface area (Å²) in [6.07, 6.45) is 7.69. The van der Waals surface area contributed by atoms with E-state index >= 15 is 0 Å². The van der Waals surface area contributed by atoms with Gasteiger partial charge in [-0.05, 0) is 33.3 Å². The van der Waals surface area contributed by atoms with Crippen LogP contribution in [0.15, 0.2) is 24.3 Å². The maximum atomic E-state index is 13.8. The van der Waals surface area contributed by atoms with Gasteiger partial charge in [0.1, 0.15) is 29.8 Å². The van der Waals surface area contributed by atoms with E-state index in [2.05, 4.69) is 0 Å². The molecule has 0 bridgehead atoms. The fourth-order valence-corrected chi connectivity index (χ4v) is 5.58. The Hall–Kier alpha value is -2.19. The minimum atomic E-state index is -1.29. The zero-order valence-corrected chi connectivity index (χ0v) is 17.9. The number of fused-ring (bicyclic) bond motifs is 2. The van der Waals surface area contributed by atoms with Crippen LogP contribution < -0.4 is 0 Å². The molecular formula is C22H30N2O6. The molecule has 164 valence electrons. The minimum absolute atomic E-state index is 0.0744. The molecule has 8 nitrogen and oxygen atoms in total. The molecule has 6 atom stereocenters. The Morgan fingerprint density at radius 2 is 1.87 bits per heavy atom. The van der Waals surface area contributed by atoms with Crippen molar-refractivity contribution >= 4 is 17.8 Å². The summed E-state index contributed by atoms with van der Waals surface area (Å²) in [7, 11) is 0. The summed E-state index contributed by atoms with van der Waals surface area (Å²) in [4.78, 5) is 43.6. The summed E-state index contributed by atoms with van der Waals surface area (Å²) >= 11 is 0. The standard InChI is InChI=1S/C22H30N2O6/c1-5-21-8-7-11-29-20(28)16(21)15-18(26)24(14(4)12-25)17-19(27)23(13(2)3)10-6-9-22(15,17)30-21/h6-9,13-17,25H,5,10-12H2,1-4H3/t14-,15+,16-,17?,21+,22+/m1/s1. The number of amides is 2. The van der Waals surface area contributed by atoms with E-state index in [9.17, 15) is 19.5 Å². The molecule has 0 aromatic carbocycles. The van der Waals surface area contributed by atoms with Crippen LogP contribution in [0.4, 0.5) is 0 Å². The highest BCUT2D eigenvalue weighted by Crippen LogP contribution is 2.58. The number of aliphatic hydroxyl groups is 1. The van der Waals surface area contributed by atoms with Crippen LogP contribution in [0.5, 0.6) is 0 Å². The fourth-order valence-electron chi connectivity index (χ4n) is 5.58. The molecule has 0 aromatic heterocycles. The lowest BCUT2D eigenvalue weighted by atomic mass is 9.73. The third-order valence-electron chi connectivity index (χ3n) is 7.03. The molecule has 2 saturated heterocycles. The highest BCUT2D eigenvalue weighted by Gasteiger charge is 2.75. The van der Waals surface area contributed by atoms with Gasteiger partial charge in [-0.3, -0.25) is 14.4 Å². The van der Waals surface area contributed by atoms with E-state index in [0.29, 0.717) is 13.0 Å². The lowest BCUT2D eigenvalue weighted by Crippen LogP contribution is -2.59. The molecule has 0 aromatic rings. The van der Waals surface area contributed by atoms with Gasteiger partial charge in [0.25, 0.3) is 0 Å². The normalized spacial score (nSPS) is 38.9. The fraction of sp³-hybridized carbons (Fsp3) is 0.682. The lowest BCUT2D eigenvalue weighted by molar-refractivity contribution is -0.161. The average molecular weight is 418 g/mol. The molecule has 0 radical (unpaired) electrons. The van der Waals surface area contributed by atoms with Crippen LogP contribution in [0.1, 0.15) is 34.1 Å². The predicted octanol–water partition coefficient (Wildman–Crippen LogP) is 0.648. The van der Waals surface area contributed by atoms with Gasteiger partial charge in [0.05, 0.1) is 18.6 Å². The average Bonchev–Trinajstić information content (AvgIpc) is 3.00. The number of likely N-dealkylation sites (tertiary alicyclic amines) is 1. The lowest BCUT2D eigenvalue weighted by Gasteiger charge is -2.40. The Morgan fingerprint density at radius 3 is 2.50 bits per heavy atom. The molecule has 2 amide bonds. The number of carbonyl (C=O) groups is 3. The van der Waals surface area contributed by atoms with Gasteiger partial charge >= 0.3 is 5.97 Å². The molecule has 2 fully saturated rings. The summed E-state index contributed by atoms with van der Waals surface area (Å²) in [5.74, 6) is -2.81. The smallest absolute Gasteiger partial charge is 0.313 e. The van der Waals surface area contributed by atoms with Gasteiger partial charge in [0.15, 0.2) is 0 Å². The van der Waals surface area contributed by atoms with Crippen molar-refractivity contribution in [2.75, 3.05) is 19.8 Å². The van der Waals surface area contributed by atoms with Gasteiger partial charge in [-0.1, -0.05) is 25.2 Å². The quantitative estimate of drug-likeness (QED) is 0.532. The molecule has 4 rings (SSSR count). The van der Waals surface area contributed by atoms with Gasteiger partial charge in [0, 0.05) is 12.6 Å². The topological polar surface area (TPSA) is 96.4 Å². The Morgan fingerprint density at radius 1 is 1.13 bits per heavy atom. The third kappa shape index (κ3) is 2.62. The van der Waals surface area contributed by atoms with Gasteiger partial charge in [-0.15, -0.1) is 0 Å². The first-order valence-corrected chi connectivity index (χ1v) is 10.7. The summed E-state index contributed by atoms with van der Waals surface area (Å²) in [5, 5.41) is 9.84. The van der Waals surface area contributed by atoms with Gasteiger partial charge in [-0.25, -0.2) is 0 Å². The van der Waals surface area contributed by atoms with Gasteiger partial charge in [0.2, 0.25) is 11.8 Å². The largest absolute Gasteiger partial charge is 0.461 e. The van der Waals surface area contributed by atoms with Crippen molar-refractivity contribution in [3.8, 4) is 0 Å². The number of hydrogen-bond acceptors (Lipinski definition) is 6. The number of esters is 1. The molecule has 4 aliphatic rings. The van der Waals surface area contributed by atoms with Crippen LogP contribution >= 0.6 is 0 Å². The van der Waals surface area contributed by atoms with Gasteiger partial charge in [-0.2, -0.15) is 0 Å². The van der Waals surface area contributed by atoms with Crippen molar-refractivity contribution < 1.29 is 29.0 Å². The van der Waals surface area contributed by atoms with E-state index in [1.807, 2.05) is 32.9 Å². The summed E-state index contributed by atoms with van der Waals surface area (Å²) < 4.78 is 12.0. The molecule has 4 aliphatic heterocycles. The number of ether oxygens (including phenoxy) is 2. The second-order valence-electron chi connectivity index (χ2n) is 8.92. The zero-order valence-electron chi connectivity index (χ0n) is 17.9.